The largest absolute Gasteiger partial charge is 0.477 e. The van der Waals surface area contributed by atoms with Crippen molar-refractivity contribution in [3.05, 3.63) is 47.2 Å². The van der Waals surface area contributed by atoms with Gasteiger partial charge in [0, 0.05) is 30.4 Å². The van der Waals surface area contributed by atoms with Crippen molar-refractivity contribution in [3.63, 3.8) is 0 Å². The lowest BCUT2D eigenvalue weighted by Gasteiger charge is -2.56. The van der Waals surface area contributed by atoms with Gasteiger partial charge in [-0.3, -0.25) is 19.3 Å². The molecule has 3 rings (SSSR count). The molecule has 154 valence electrons. The average Bonchev–Trinajstić information content (AvgIpc) is 2.71. The zero-order valence-electron chi connectivity index (χ0n) is 15.8. The van der Waals surface area contributed by atoms with Gasteiger partial charge in [0.2, 0.25) is 0 Å². The standard InChI is InChI=1S/C19H20N2O7S/c1-3-28-19(20-15(23)12-7-5-4-6-8-12)17(26)21-14(16(24)25)13(9-27-11(2)22)10-29-18(19)21/h4-8,18H,3,9-10H2,1-2H3,(H,20,23)(H,24,25)/t18-,19-/m1/s1. The number of esters is 1. The summed E-state index contributed by atoms with van der Waals surface area (Å²) in [5.74, 6) is -2.84. The molecule has 1 fully saturated rings. The Morgan fingerprint density at radius 3 is 2.59 bits per heavy atom. The van der Waals surface area contributed by atoms with E-state index in [1.807, 2.05) is 0 Å². The molecule has 0 unspecified atom stereocenters. The number of hydrogen-bond donors (Lipinski definition) is 2. The minimum Gasteiger partial charge on any atom is -0.477 e. The fourth-order valence-electron chi connectivity index (χ4n) is 3.23. The highest BCUT2D eigenvalue weighted by Crippen LogP contribution is 2.47. The maximum Gasteiger partial charge on any atom is 0.352 e. The van der Waals surface area contributed by atoms with Crippen LogP contribution in [0.25, 0.3) is 0 Å². The van der Waals surface area contributed by atoms with Crippen LogP contribution in [0.4, 0.5) is 0 Å². The van der Waals surface area contributed by atoms with Crippen LogP contribution in [0.15, 0.2) is 41.6 Å². The number of β-lactam (4-membered cyclic amide) rings is 1. The van der Waals surface area contributed by atoms with Crippen molar-refractivity contribution >= 4 is 35.5 Å². The minimum absolute atomic E-state index is 0.137. The third-order valence-corrected chi connectivity index (χ3v) is 5.84. The zero-order valence-corrected chi connectivity index (χ0v) is 16.7. The first-order valence-corrected chi connectivity index (χ1v) is 9.92. The molecular formula is C19H20N2O7S. The van der Waals surface area contributed by atoms with E-state index in [-0.39, 0.29) is 24.7 Å². The number of carboxylic acid groups (broad SMARTS) is 1. The Kier molecular flexibility index (Phi) is 5.94. The van der Waals surface area contributed by atoms with Gasteiger partial charge in [0.25, 0.3) is 17.5 Å². The van der Waals surface area contributed by atoms with Crippen LogP contribution in [0.5, 0.6) is 0 Å². The molecule has 2 amide bonds. The Morgan fingerprint density at radius 2 is 2.00 bits per heavy atom. The molecule has 9 nitrogen and oxygen atoms in total. The van der Waals surface area contributed by atoms with Crippen molar-refractivity contribution in [2.45, 2.75) is 24.9 Å². The SMILES string of the molecule is CCO[C@]1(NC(=O)c2ccccc2)C(=O)N2C(C(=O)O)=C(COC(C)=O)CS[C@@H]21. The second-order valence-corrected chi connectivity index (χ2v) is 7.43. The summed E-state index contributed by atoms with van der Waals surface area (Å²) in [6.07, 6.45) is 0. The Hall–Kier alpha value is -2.85. The Labute approximate surface area is 171 Å². The smallest absolute Gasteiger partial charge is 0.352 e. The number of hydrogen-bond acceptors (Lipinski definition) is 7. The third kappa shape index (κ3) is 3.73. The molecule has 29 heavy (non-hydrogen) atoms. The van der Waals surface area contributed by atoms with Gasteiger partial charge in [0.15, 0.2) is 0 Å². The molecule has 2 N–H and O–H groups in total. The number of carbonyl (C=O) groups excluding carboxylic acids is 3. The van der Waals surface area contributed by atoms with Crippen LogP contribution >= 0.6 is 11.8 Å². The fourth-order valence-corrected chi connectivity index (χ4v) is 4.62. The molecular weight excluding hydrogens is 400 g/mol. The predicted molar refractivity (Wildman–Crippen MR) is 103 cm³/mol. The van der Waals surface area contributed by atoms with Crippen LogP contribution in [0, 0.1) is 0 Å². The number of nitrogens with zero attached hydrogens (tertiary/aromatic N) is 1. The molecule has 0 saturated carbocycles. The number of ether oxygens (including phenoxy) is 2. The summed E-state index contributed by atoms with van der Waals surface area (Å²) < 4.78 is 10.6. The highest BCUT2D eigenvalue weighted by molar-refractivity contribution is 8.00. The minimum atomic E-state index is -1.67. The lowest BCUT2D eigenvalue weighted by atomic mass is 9.97. The number of carbonyl (C=O) groups is 4. The molecule has 2 aliphatic heterocycles. The molecule has 1 aromatic rings. The van der Waals surface area contributed by atoms with Gasteiger partial charge in [-0.2, -0.15) is 0 Å². The number of amides is 2. The highest BCUT2D eigenvalue weighted by Gasteiger charge is 2.67. The number of benzene rings is 1. The normalized spacial score (nSPS) is 23.2. The van der Waals surface area contributed by atoms with Gasteiger partial charge < -0.3 is 19.9 Å². The topological polar surface area (TPSA) is 122 Å². The van der Waals surface area contributed by atoms with E-state index < -0.39 is 34.9 Å². The average molecular weight is 420 g/mol. The molecule has 0 aromatic heterocycles. The van der Waals surface area contributed by atoms with Gasteiger partial charge in [-0.25, -0.2) is 4.79 Å². The zero-order chi connectivity index (χ0) is 21.2. The van der Waals surface area contributed by atoms with Crippen LogP contribution in [0.1, 0.15) is 24.2 Å². The van der Waals surface area contributed by atoms with Crippen molar-refractivity contribution in [1.82, 2.24) is 10.2 Å². The van der Waals surface area contributed by atoms with E-state index in [9.17, 15) is 24.3 Å². The van der Waals surface area contributed by atoms with Crippen LogP contribution in [0.2, 0.25) is 0 Å². The van der Waals surface area contributed by atoms with Crippen molar-refractivity contribution in [2.24, 2.45) is 0 Å². The monoisotopic (exact) mass is 420 g/mol. The van der Waals surface area contributed by atoms with E-state index in [0.717, 1.165) is 4.90 Å². The van der Waals surface area contributed by atoms with Crippen LogP contribution in [-0.2, 0) is 23.9 Å². The summed E-state index contributed by atoms with van der Waals surface area (Å²) in [5, 5.41) is 11.5. The van der Waals surface area contributed by atoms with E-state index in [1.54, 1.807) is 37.3 Å². The predicted octanol–water partition coefficient (Wildman–Crippen LogP) is 0.966. The number of fused-ring (bicyclic) bond motifs is 1. The van der Waals surface area contributed by atoms with Gasteiger partial charge in [-0.15, -0.1) is 11.8 Å². The lowest BCUT2D eigenvalue weighted by molar-refractivity contribution is -0.193. The Balaban J connectivity index is 1.90. The molecule has 0 spiro atoms. The maximum absolute atomic E-state index is 13.0. The molecule has 2 atom stereocenters. The molecule has 2 aliphatic rings. The van der Waals surface area contributed by atoms with E-state index in [0.29, 0.717) is 11.1 Å². The van der Waals surface area contributed by atoms with Gasteiger partial charge in [0.05, 0.1) is 0 Å². The molecule has 1 saturated heterocycles. The molecule has 0 aliphatic carbocycles. The summed E-state index contributed by atoms with van der Waals surface area (Å²) >= 11 is 1.23. The first-order valence-electron chi connectivity index (χ1n) is 8.87. The maximum atomic E-state index is 13.0. The first kappa shape index (κ1) is 20.9. The number of carboxylic acids is 1. The van der Waals surface area contributed by atoms with E-state index in [4.69, 9.17) is 9.47 Å². The van der Waals surface area contributed by atoms with Crippen molar-refractivity contribution in [3.8, 4) is 0 Å². The van der Waals surface area contributed by atoms with Crippen LogP contribution in [0.3, 0.4) is 0 Å². The van der Waals surface area contributed by atoms with Crippen LogP contribution in [-0.4, -0.2) is 63.8 Å². The van der Waals surface area contributed by atoms with Gasteiger partial charge >= 0.3 is 11.9 Å². The van der Waals surface area contributed by atoms with Gasteiger partial charge in [0.1, 0.15) is 17.7 Å². The third-order valence-electron chi connectivity index (χ3n) is 4.47. The number of aliphatic carboxylic acids is 1. The Bertz CT molecular complexity index is 886. The van der Waals surface area contributed by atoms with Gasteiger partial charge in [-0.1, -0.05) is 18.2 Å². The second kappa shape index (κ2) is 8.26. The second-order valence-electron chi connectivity index (χ2n) is 6.36. The van der Waals surface area contributed by atoms with E-state index in [1.165, 1.54) is 18.7 Å². The van der Waals surface area contributed by atoms with Crippen molar-refractivity contribution < 1.29 is 33.8 Å². The van der Waals surface area contributed by atoms with E-state index >= 15 is 0 Å². The number of rotatable bonds is 7. The molecule has 0 radical (unpaired) electrons. The highest BCUT2D eigenvalue weighted by atomic mass is 32.2. The fraction of sp³-hybridized carbons (Fsp3) is 0.368. The summed E-state index contributed by atoms with van der Waals surface area (Å²) in [4.78, 5) is 49.7. The molecule has 10 heteroatoms. The van der Waals surface area contributed by atoms with Crippen molar-refractivity contribution in [1.29, 1.82) is 0 Å². The number of nitrogens with one attached hydrogen (secondary N) is 1. The first-order chi connectivity index (χ1) is 13.8. The molecule has 0 bridgehead atoms. The lowest BCUT2D eigenvalue weighted by Crippen LogP contribution is -2.81. The molecule has 1 aromatic carbocycles. The summed E-state index contributed by atoms with van der Waals surface area (Å²) in [6.45, 7) is 2.81. The quantitative estimate of drug-likeness (QED) is 0.380. The van der Waals surface area contributed by atoms with Crippen LogP contribution < -0.4 is 5.32 Å². The summed E-state index contributed by atoms with van der Waals surface area (Å²) in [6, 6.07) is 8.35. The Morgan fingerprint density at radius 1 is 1.31 bits per heavy atom. The van der Waals surface area contributed by atoms with E-state index in [2.05, 4.69) is 5.32 Å². The summed E-state index contributed by atoms with van der Waals surface area (Å²) in [5.41, 5.74) is -1.26. The van der Waals surface area contributed by atoms with Crippen molar-refractivity contribution in [2.75, 3.05) is 19.0 Å². The molecule has 2 heterocycles. The number of thioether (sulfide) groups is 1. The van der Waals surface area contributed by atoms with Gasteiger partial charge in [-0.05, 0) is 19.1 Å². The summed E-state index contributed by atoms with van der Waals surface area (Å²) in [7, 11) is 0.